The second kappa shape index (κ2) is 9.74. The van der Waals surface area contributed by atoms with Crippen LogP contribution < -0.4 is 20.9 Å². The maximum absolute atomic E-state index is 12.5. The summed E-state index contributed by atoms with van der Waals surface area (Å²) in [7, 11) is -6.41. The van der Waals surface area contributed by atoms with E-state index in [0.29, 0.717) is 28.1 Å². The second-order valence-corrected chi connectivity index (χ2v) is 12.4. The Morgan fingerprint density at radius 3 is 2.84 bits per heavy atom. The molecule has 1 aromatic carbocycles. The maximum Gasteiger partial charge on any atom is 0.264 e. The first kappa shape index (κ1) is 23.8. The predicted molar refractivity (Wildman–Crippen MR) is 125 cm³/mol. The molecule has 0 bridgehead atoms. The number of thiazole rings is 1. The van der Waals surface area contributed by atoms with Crippen LogP contribution in [0.2, 0.25) is 0 Å². The van der Waals surface area contributed by atoms with Crippen LogP contribution in [0.25, 0.3) is 0 Å². The fraction of sp³-hybridized carbons (Fsp3) is 0.267. The number of amidine groups is 1. The zero-order chi connectivity index (χ0) is 22.6. The van der Waals surface area contributed by atoms with Crippen LogP contribution in [0.5, 0.6) is 0 Å². The van der Waals surface area contributed by atoms with E-state index in [0.717, 1.165) is 23.5 Å². The van der Waals surface area contributed by atoms with Crippen molar-refractivity contribution in [2.24, 2.45) is 21.5 Å². The Balaban J connectivity index is 1.60. The molecule has 1 aliphatic heterocycles. The van der Waals surface area contributed by atoms with Crippen LogP contribution in [0.15, 0.2) is 48.3 Å². The van der Waals surface area contributed by atoms with Gasteiger partial charge in [-0.25, -0.2) is 26.5 Å². The van der Waals surface area contributed by atoms with Crippen LogP contribution in [0, 0.1) is 0 Å². The summed E-state index contributed by atoms with van der Waals surface area (Å²) >= 11 is 4.06. The average molecular weight is 522 g/mol. The van der Waals surface area contributed by atoms with Gasteiger partial charge < -0.3 is 11.5 Å². The van der Waals surface area contributed by atoms with Crippen LogP contribution in [0.1, 0.15) is 5.69 Å². The third-order valence-corrected chi connectivity index (χ3v) is 9.52. The van der Waals surface area contributed by atoms with Crippen LogP contribution >= 0.6 is 34.9 Å². The molecule has 6 N–H and O–H groups in total. The first-order valence-electron chi connectivity index (χ1n) is 8.55. The van der Waals surface area contributed by atoms with E-state index in [1.54, 1.807) is 11.8 Å². The van der Waals surface area contributed by atoms with Crippen molar-refractivity contribution >= 4 is 71.2 Å². The second-order valence-electron chi connectivity index (χ2n) is 5.92. The topological polar surface area (TPSA) is 182 Å². The number of hydrogen-bond acceptors (Lipinski definition) is 10. The highest BCUT2D eigenvalue weighted by Crippen LogP contribution is 2.33. The van der Waals surface area contributed by atoms with E-state index in [9.17, 15) is 16.8 Å². The van der Waals surface area contributed by atoms with Gasteiger partial charge in [-0.2, -0.15) is 16.8 Å². The Labute approximate surface area is 192 Å². The van der Waals surface area contributed by atoms with Gasteiger partial charge in [0.05, 0.1) is 17.1 Å². The third kappa shape index (κ3) is 6.11. The number of aliphatic imine (C=N–C) groups is 2. The number of sulfonamides is 2. The molecule has 1 aliphatic rings. The smallest absolute Gasteiger partial charge is 0.264 e. The molecule has 11 nitrogen and oxygen atoms in total. The average Bonchev–Trinajstić information content (AvgIpc) is 3.13. The van der Waals surface area contributed by atoms with Crippen molar-refractivity contribution < 1.29 is 16.8 Å². The lowest BCUT2D eigenvalue weighted by Crippen LogP contribution is -2.33. The Hall–Kier alpha value is -1.85. The molecule has 0 amide bonds. The van der Waals surface area contributed by atoms with E-state index in [2.05, 4.69) is 24.4 Å². The highest BCUT2D eigenvalue weighted by Gasteiger charge is 2.29. The number of thioether (sulfide) groups is 2. The molecule has 168 valence electrons. The molecule has 31 heavy (non-hydrogen) atoms. The van der Waals surface area contributed by atoms with Crippen LogP contribution in [-0.4, -0.2) is 52.3 Å². The Morgan fingerprint density at radius 2 is 2.13 bits per heavy atom. The van der Waals surface area contributed by atoms with Crippen LogP contribution in [-0.2, 0) is 25.8 Å². The number of nitrogens with zero attached hydrogens (tertiary/aromatic N) is 3. The predicted octanol–water partition coefficient (Wildman–Crippen LogP) is 0.630. The monoisotopic (exact) mass is 521 g/mol. The molecular formula is C15H19N7O4S5. The third-order valence-electron chi connectivity index (χ3n) is 3.72. The molecule has 0 atom stereocenters. The lowest BCUT2D eigenvalue weighted by atomic mass is 10.4. The fourth-order valence-electron chi connectivity index (χ4n) is 2.34. The Morgan fingerprint density at radius 1 is 1.35 bits per heavy atom. The lowest BCUT2D eigenvalue weighted by Gasteiger charge is -2.19. The molecule has 2 aromatic rings. The minimum absolute atomic E-state index is 0.0433. The zero-order valence-corrected chi connectivity index (χ0v) is 20.2. The van der Waals surface area contributed by atoms with Crippen molar-refractivity contribution in [1.82, 2.24) is 14.4 Å². The van der Waals surface area contributed by atoms with Gasteiger partial charge in [0.2, 0.25) is 15.2 Å². The number of aromatic nitrogens is 1. The number of fused-ring (bicyclic) bond motifs is 1. The summed E-state index contributed by atoms with van der Waals surface area (Å²) in [6.07, 6.45) is 0. The van der Waals surface area contributed by atoms with Gasteiger partial charge in [-0.05, 0) is 25.2 Å². The van der Waals surface area contributed by atoms with Gasteiger partial charge in [-0.1, -0.05) is 11.8 Å². The van der Waals surface area contributed by atoms with E-state index in [1.165, 1.54) is 30.5 Å². The molecule has 1 aromatic heterocycles. The standard InChI is InChI=1S/C15H19N7O4S5/c1-18-30(23,24)10-2-3-11-12(6-10)31(25,26)22-14(29-11)19-4-5-27-7-9-8-28-15(20-9)21-13(16)17/h2-3,6,8,18H,4-5,7H2,1H3,(H,19,22)(H4,16,17,20,21). The largest absolute Gasteiger partial charge is 0.370 e. The van der Waals surface area contributed by atoms with Gasteiger partial charge in [0.25, 0.3) is 10.0 Å². The van der Waals surface area contributed by atoms with Crippen molar-refractivity contribution in [3.05, 3.63) is 29.3 Å². The van der Waals surface area contributed by atoms with Gasteiger partial charge in [0.1, 0.15) is 4.90 Å². The molecular weight excluding hydrogens is 503 g/mol. The molecule has 0 radical (unpaired) electrons. The van der Waals surface area contributed by atoms with Gasteiger partial charge in [-0.15, -0.1) is 11.3 Å². The molecule has 16 heteroatoms. The normalized spacial score (nSPS) is 16.5. The molecule has 0 fully saturated rings. The van der Waals surface area contributed by atoms with E-state index >= 15 is 0 Å². The summed E-state index contributed by atoms with van der Waals surface area (Å²) in [6, 6.07) is 3.95. The van der Waals surface area contributed by atoms with Crippen molar-refractivity contribution in [2.45, 2.75) is 20.4 Å². The van der Waals surface area contributed by atoms with Gasteiger partial charge in [0, 0.05) is 21.8 Å². The van der Waals surface area contributed by atoms with E-state index in [1.807, 2.05) is 5.38 Å². The highest BCUT2D eigenvalue weighted by atomic mass is 32.2. The summed E-state index contributed by atoms with van der Waals surface area (Å²) in [4.78, 5) is 12.7. The van der Waals surface area contributed by atoms with Gasteiger partial charge >= 0.3 is 0 Å². The number of nitrogens with one attached hydrogen (secondary N) is 2. The molecule has 3 rings (SSSR count). The summed E-state index contributed by atoms with van der Waals surface area (Å²) in [5.74, 6) is 1.25. The molecule has 0 saturated carbocycles. The zero-order valence-electron chi connectivity index (χ0n) is 16.1. The van der Waals surface area contributed by atoms with E-state index in [-0.39, 0.29) is 20.9 Å². The number of nitrogens with two attached hydrogens (primary N) is 2. The molecule has 2 heterocycles. The van der Waals surface area contributed by atoms with Crippen molar-refractivity contribution in [2.75, 3.05) is 19.3 Å². The highest BCUT2D eigenvalue weighted by molar-refractivity contribution is 8.16. The van der Waals surface area contributed by atoms with E-state index < -0.39 is 20.0 Å². The Kier molecular flexibility index (Phi) is 7.48. The number of rotatable bonds is 8. The minimum Gasteiger partial charge on any atom is -0.370 e. The van der Waals surface area contributed by atoms with Crippen LogP contribution in [0.4, 0.5) is 5.13 Å². The van der Waals surface area contributed by atoms with Gasteiger partial charge in [0.15, 0.2) is 11.1 Å². The van der Waals surface area contributed by atoms with Crippen molar-refractivity contribution in [3.63, 3.8) is 0 Å². The minimum atomic E-state index is -3.92. The molecule has 0 spiro atoms. The molecule has 0 saturated heterocycles. The summed E-state index contributed by atoms with van der Waals surface area (Å²) in [6.45, 7) is 0.391. The van der Waals surface area contributed by atoms with E-state index in [4.69, 9.17) is 11.5 Å². The first-order valence-corrected chi connectivity index (χ1v) is 14.4. The van der Waals surface area contributed by atoms with Crippen molar-refractivity contribution in [1.29, 1.82) is 0 Å². The fourth-order valence-corrected chi connectivity index (χ4v) is 7.33. The summed E-state index contributed by atoms with van der Waals surface area (Å²) in [5, 5.41) is 2.60. The molecule has 0 aliphatic carbocycles. The quantitative estimate of drug-likeness (QED) is 0.220. The van der Waals surface area contributed by atoms with Gasteiger partial charge in [-0.3, -0.25) is 9.71 Å². The number of hydrogen-bond donors (Lipinski definition) is 4. The van der Waals surface area contributed by atoms with Crippen molar-refractivity contribution in [3.8, 4) is 0 Å². The molecule has 0 unspecified atom stereocenters. The SMILES string of the molecule is CNS(=O)(=O)c1ccc2c(c1)S(=O)(=O)NC(=NCCSCc1csc(N=C(N)N)n1)S2. The van der Waals surface area contributed by atoms with Crippen LogP contribution in [0.3, 0.4) is 0 Å². The first-order chi connectivity index (χ1) is 14.6. The lowest BCUT2D eigenvalue weighted by molar-refractivity contribution is 0.586. The summed E-state index contributed by atoms with van der Waals surface area (Å²) < 4.78 is 53.5. The maximum atomic E-state index is 12.5. The summed E-state index contributed by atoms with van der Waals surface area (Å²) in [5.41, 5.74) is 11.5. The number of guanidine groups is 1. The number of benzene rings is 1. The Bertz CT molecular complexity index is 1230.